The van der Waals surface area contributed by atoms with Gasteiger partial charge in [0.15, 0.2) is 5.78 Å². The van der Waals surface area contributed by atoms with Crippen molar-refractivity contribution in [3.63, 3.8) is 0 Å². The molecule has 0 saturated heterocycles. The second-order valence-electron chi connectivity index (χ2n) is 4.61. The molecule has 2 heteroatoms. The van der Waals surface area contributed by atoms with Crippen LogP contribution < -0.4 is 0 Å². The first-order valence-corrected chi connectivity index (χ1v) is 4.62. The summed E-state index contributed by atoms with van der Waals surface area (Å²) in [5, 5.41) is 8.80. The van der Waals surface area contributed by atoms with E-state index in [0.29, 0.717) is 11.5 Å². The van der Waals surface area contributed by atoms with Crippen LogP contribution in [0.4, 0.5) is 0 Å². The van der Waals surface area contributed by atoms with Crippen LogP contribution in [-0.2, 0) is 4.79 Å². The van der Waals surface area contributed by atoms with Gasteiger partial charge in [-0.05, 0) is 18.8 Å². The van der Waals surface area contributed by atoms with E-state index < -0.39 is 5.41 Å². The van der Waals surface area contributed by atoms with E-state index in [9.17, 15) is 4.79 Å². The lowest BCUT2D eigenvalue weighted by molar-refractivity contribution is -0.122. The molecule has 0 aliphatic heterocycles. The summed E-state index contributed by atoms with van der Waals surface area (Å²) < 4.78 is 0. The second kappa shape index (κ2) is 3.33. The number of Topliss-reactive ketones (excluding diaryl/α,β-unsaturated/α-hetero) is 1. The third kappa shape index (κ3) is 2.69. The number of hydrogen-bond acceptors (Lipinski definition) is 2. The quantitative estimate of drug-likeness (QED) is 0.480. The molecular weight excluding hydrogens is 162 g/mol. The molecule has 0 radical (unpaired) electrons. The molecule has 1 aliphatic carbocycles. The Morgan fingerprint density at radius 2 is 2.00 bits per heavy atom. The van der Waals surface area contributed by atoms with Crippen LogP contribution in [0.15, 0.2) is 11.6 Å². The van der Waals surface area contributed by atoms with Crippen LogP contribution in [0.25, 0.3) is 0 Å². The van der Waals surface area contributed by atoms with Crippen LogP contribution in [0.3, 0.4) is 0 Å². The lowest BCUT2D eigenvalue weighted by Crippen LogP contribution is -2.21. The summed E-state index contributed by atoms with van der Waals surface area (Å²) in [5.74, 6) is 0.447. The minimum absolute atomic E-state index is 0.0399. The van der Waals surface area contributed by atoms with Gasteiger partial charge in [0.05, 0.1) is 5.57 Å². The highest BCUT2D eigenvalue weighted by molar-refractivity contribution is 6.02. The topological polar surface area (TPSA) is 40.9 Å². The van der Waals surface area contributed by atoms with Crippen molar-refractivity contribution in [2.75, 3.05) is 0 Å². The molecule has 2 nitrogen and oxygen atoms in total. The fraction of sp³-hybridized carbons (Fsp3) is 0.636. The maximum absolute atomic E-state index is 11.7. The lowest BCUT2D eigenvalue weighted by atomic mass is 9.86. The van der Waals surface area contributed by atoms with Gasteiger partial charge in [-0.3, -0.25) is 4.79 Å². The fourth-order valence-electron chi connectivity index (χ4n) is 1.07. The minimum atomic E-state index is -0.434. The van der Waals surface area contributed by atoms with E-state index in [4.69, 9.17) is 5.26 Å². The van der Waals surface area contributed by atoms with E-state index in [0.717, 1.165) is 12.8 Å². The van der Waals surface area contributed by atoms with E-state index in [1.165, 1.54) is 0 Å². The largest absolute Gasteiger partial charge is 0.293 e. The van der Waals surface area contributed by atoms with Gasteiger partial charge in [0.1, 0.15) is 6.07 Å². The molecule has 1 aliphatic rings. The Labute approximate surface area is 79.2 Å². The van der Waals surface area contributed by atoms with Crippen LogP contribution in [0.1, 0.15) is 33.6 Å². The maximum Gasteiger partial charge on any atom is 0.178 e. The van der Waals surface area contributed by atoms with Crippen LogP contribution >= 0.6 is 0 Å². The van der Waals surface area contributed by atoms with Crippen molar-refractivity contribution in [3.8, 4) is 6.07 Å². The molecule has 0 heterocycles. The van der Waals surface area contributed by atoms with Gasteiger partial charge in [0.25, 0.3) is 0 Å². The summed E-state index contributed by atoms with van der Waals surface area (Å²) in [6, 6.07) is 1.99. The van der Waals surface area contributed by atoms with Crippen LogP contribution in [0.2, 0.25) is 0 Å². The summed E-state index contributed by atoms with van der Waals surface area (Å²) >= 11 is 0. The third-order valence-electron chi connectivity index (χ3n) is 2.07. The first-order chi connectivity index (χ1) is 5.95. The molecule has 1 fully saturated rings. The van der Waals surface area contributed by atoms with Gasteiger partial charge < -0.3 is 0 Å². The summed E-state index contributed by atoms with van der Waals surface area (Å²) in [4.78, 5) is 11.7. The Kier molecular flexibility index (Phi) is 2.56. The van der Waals surface area contributed by atoms with Crippen molar-refractivity contribution < 1.29 is 4.79 Å². The predicted octanol–water partition coefficient (Wildman–Crippen LogP) is 2.46. The predicted molar refractivity (Wildman–Crippen MR) is 50.9 cm³/mol. The Bertz CT molecular complexity index is 284. The molecule has 0 atom stereocenters. The number of allylic oxidation sites excluding steroid dienone is 2. The van der Waals surface area contributed by atoms with E-state index in [1.807, 2.05) is 32.9 Å². The van der Waals surface area contributed by atoms with E-state index in [-0.39, 0.29) is 5.78 Å². The number of ketones is 1. The minimum Gasteiger partial charge on any atom is -0.293 e. The Hall–Kier alpha value is -1.10. The number of carbonyl (C=O) groups is 1. The number of nitrogens with zero attached hydrogens (tertiary/aromatic N) is 1. The number of rotatable bonds is 2. The second-order valence-corrected chi connectivity index (χ2v) is 4.61. The molecular formula is C11H15NO. The molecule has 0 N–H and O–H groups in total. The number of hydrogen-bond donors (Lipinski definition) is 0. The van der Waals surface area contributed by atoms with E-state index >= 15 is 0 Å². The normalized spacial score (nSPS) is 18.2. The summed E-state index contributed by atoms with van der Waals surface area (Å²) in [7, 11) is 0. The van der Waals surface area contributed by atoms with Gasteiger partial charge in [-0.15, -0.1) is 0 Å². The highest BCUT2D eigenvalue weighted by Gasteiger charge is 2.27. The molecule has 0 aromatic heterocycles. The highest BCUT2D eigenvalue weighted by Crippen LogP contribution is 2.32. The van der Waals surface area contributed by atoms with Gasteiger partial charge in [0, 0.05) is 5.41 Å². The summed E-state index contributed by atoms with van der Waals surface area (Å²) in [5.41, 5.74) is -0.0915. The first kappa shape index (κ1) is 9.98. The zero-order valence-electron chi connectivity index (χ0n) is 8.42. The Morgan fingerprint density at radius 1 is 1.46 bits per heavy atom. The lowest BCUT2D eigenvalue weighted by Gasteiger charge is -2.15. The van der Waals surface area contributed by atoms with E-state index in [2.05, 4.69) is 0 Å². The zero-order valence-corrected chi connectivity index (χ0v) is 8.42. The molecule has 0 aromatic carbocycles. The molecule has 0 spiro atoms. The van der Waals surface area contributed by atoms with Crippen molar-refractivity contribution in [2.45, 2.75) is 33.6 Å². The maximum atomic E-state index is 11.7. The zero-order chi connectivity index (χ0) is 10.1. The number of nitriles is 1. The summed E-state index contributed by atoms with van der Waals surface area (Å²) in [6.07, 6.45) is 4.08. The standard InChI is InChI=1S/C11H15NO/c1-11(2,3)10(13)9(7-12)6-8-4-5-8/h6,8H,4-5H2,1-3H3. The van der Waals surface area contributed by atoms with Crippen molar-refractivity contribution in [2.24, 2.45) is 11.3 Å². The van der Waals surface area contributed by atoms with Gasteiger partial charge in [-0.2, -0.15) is 5.26 Å². The fourth-order valence-corrected chi connectivity index (χ4v) is 1.07. The summed E-state index contributed by atoms with van der Waals surface area (Å²) in [6.45, 7) is 5.52. The molecule has 0 bridgehead atoms. The van der Waals surface area contributed by atoms with Gasteiger partial charge in [-0.1, -0.05) is 26.8 Å². The molecule has 70 valence electrons. The van der Waals surface area contributed by atoms with Crippen LogP contribution in [-0.4, -0.2) is 5.78 Å². The molecule has 1 rings (SSSR count). The van der Waals surface area contributed by atoms with Crippen molar-refractivity contribution in [3.05, 3.63) is 11.6 Å². The van der Waals surface area contributed by atoms with Gasteiger partial charge in [-0.25, -0.2) is 0 Å². The van der Waals surface area contributed by atoms with Crippen LogP contribution in [0, 0.1) is 22.7 Å². The molecule has 0 amide bonds. The number of carbonyl (C=O) groups excluding carboxylic acids is 1. The van der Waals surface area contributed by atoms with Gasteiger partial charge >= 0.3 is 0 Å². The van der Waals surface area contributed by atoms with Crippen molar-refractivity contribution in [1.82, 2.24) is 0 Å². The average molecular weight is 177 g/mol. The smallest absolute Gasteiger partial charge is 0.178 e. The van der Waals surface area contributed by atoms with Crippen LogP contribution in [0.5, 0.6) is 0 Å². The monoisotopic (exact) mass is 177 g/mol. The van der Waals surface area contributed by atoms with Crippen molar-refractivity contribution >= 4 is 5.78 Å². The molecule has 0 unspecified atom stereocenters. The van der Waals surface area contributed by atoms with Crippen molar-refractivity contribution in [1.29, 1.82) is 5.26 Å². The molecule has 13 heavy (non-hydrogen) atoms. The Balaban J connectivity index is 2.78. The van der Waals surface area contributed by atoms with Gasteiger partial charge in [0.2, 0.25) is 0 Å². The third-order valence-corrected chi connectivity index (χ3v) is 2.07. The molecule has 1 saturated carbocycles. The Morgan fingerprint density at radius 3 is 2.31 bits per heavy atom. The SMILES string of the molecule is CC(C)(C)C(=O)C(C#N)=CC1CC1. The average Bonchev–Trinajstić information content (AvgIpc) is 2.80. The molecule has 0 aromatic rings. The first-order valence-electron chi connectivity index (χ1n) is 4.62. The highest BCUT2D eigenvalue weighted by atomic mass is 16.1. The van der Waals surface area contributed by atoms with E-state index in [1.54, 1.807) is 0 Å².